The molecule has 86 valence electrons. The van der Waals surface area contributed by atoms with Crippen LogP contribution >= 0.6 is 0 Å². The van der Waals surface area contributed by atoms with Crippen molar-refractivity contribution in [1.29, 1.82) is 0 Å². The van der Waals surface area contributed by atoms with E-state index in [1.807, 2.05) is 6.20 Å². The minimum absolute atomic E-state index is 0.741. The zero-order chi connectivity index (χ0) is 11.1. The van der Waals surface area contributed by atoms with Gasteiger partial charge in [-0.25, -0.2) is 0 Å². The molecule has 1 rings (SSSR count). The SMILES string of the molecule is CCCNCc1ccnn1CCC(C)C. The molecule has 0 aromatic carbocycles. The van der Waals surface area contributed by atoms with Crippen LogP contribution in [0.1, 0.15) is 39.3 Å². The van der Waals surface area contributed by atoms with Crippen molar-refractivity contribution in [2.24, 2.45) is 5.92 Å². The molecular weight excluding hydrogens is 186 g/mol. The first kappa shape index (κ1) is 12.2. The van der Waals surface area contributed by atoms with Crippen LogP contribution in [0.4, 0.5) is 0 Å². The zero-order valence-electron chi connectivity index (χ0n) is 10.2. The lowest BCUT2D eigenvalue weighted by molar-refractivity contribution is 0.469. The molecule has 0 saturated heterocycles. The van der Waals surface area contributed by atoms with E-state index in [9.17, 15) is 0 Å². The molecule has 0 radical (unpaired) electrons. The maximum absolute atomic E-state index is 4.34. The number of nitrogens with zero attached hydrogens (tertiary/aromatic N) is 2. The van der Waals surface area contributed by atoms with Crippen molar-refractivity contribution < 1.29 is 0 Å². The minimum Gasteiger partial charge on any atom is -0.311 e. The number of nitrogens with one attached hydrogen (secondary N) is 1. The van der Waals surface area contributed by atoms with E-state index >= 15 is 0 Å². The molecule has 0 spiro atoms. The van der Waals surface area contributed by atoms with Crippen LogP contribution < -0.4 is 5.32 Å². The van der Waals surface area contributed by atoms with Gasteiger partial charge in [0, 0.05) is 19.3 Å². The number of rotatable bonds is 7. The summed E-state index contributed by atoms with van der Waals surface area (Å²) in [6, 6.07) is 2.10. The van der Waals surface area contributed by atoms with E-state index in [1.165, 1.54) is 18.5 Å². The van der Waals surface area contributed by atoms with Gasteiger partial charge >= 0.3 is 0 Å². The first-order valence-corrected chi connectivity index (χ1v) is 5.95. The van der Waals surface area contributed by atoms with Gasteiger partial charge in [-0.3, -0.25) is 4.68 Å². The predicted octanol–water partition coefficient (Wildman–Crippen LogP) is 2.43. The van der Waals surface area contributed by atoms with Gasteiger partial charge in [-0.1, -0.05) is 20.8 Å². The Morgan fingerprint density at radius 1 is 1.47 bits per heavy atom. The van der Waals surface area contributed by atoms with E-state index in [0.717, 1.165) is 25.6 Å². The summed E-state index contributed by atoms with van der Waals surface area (Å²) in [7, 11) is 0. The lowest BCUT2D eigenvalue weighted by Crippen LogP contribution is -2.17. The third-order valence-corrected chi connectivity index (χ3v) is 2.46. The van der Waals surface area contributed by atoms with Crippen LogP contribution in [-0.4, -0.2) is 16.3 Å². The summed E-state index contributed by atoms with van der Waals surface area (Å²) in [5, 5.41) is 7.75. The van der Waals surface area contributed by atoms with Gasteiger partial charge in [-0.15, -0.1) is 0 Å². The van der Waals surface area contributed by atoms with Crippen LogP contribution in [0.2, 0.25) is 0 Å². The Kier molecular flexibility index (Phi) is 5.40. The Bertz CT molecular complexity index is 266. The van der Waals surface area contributed by atoms with Crippen LogP contribution in [0.5, 0.6) is 0 Å². The van der Waals surface area contributed by atoms with Crippen LogP contribution in [0.3, 0.4) is 0 Å². The van der Waals surface area contributed by atoms with Crippen LogP contribution in [-0.2, 0) is 13.1 Å². The van der Waals surface area contributed by atoms with E-state index in [4.69, 9.17) is 0 Å². The highest BCUT2D eigenvalue weighted by molar-refractivity contribution is 4.99. The van der Waals surface area contributed by atoms with Gasteiger partial charge < -0.3 is 5.32 Å². The topological polar surface area (TPSA) is 29.9 Å². The van der Waals surface area contributed by atoms with Crippen LogP contribution in [0.25, 0.3) is 0 Å². The quantitative estimate of drug-likeness (QED) is 0.699. The standard InChI is InChI=1S/C12H23N3/c1-4-7-13-10-12-5-8-14-15(12)9-6-11(2)3/h5,8,11,13H,4,6-7,9-10H2,1-3H3. The molecule has 15 heavy (non-hydrogen) atoms. The number of aromatic nitrogens is 2. The fourth-order valence-electron chi connectivity index (χ4n) is 1.49. The largest absolute Gasteiger partial charge is 0.311 e. The fraction of sp³-hybridized carbons (Fsp3) is 0.750. The molecule has 1 aromatic rings. The Hall–Kier alpha value is -0.830. The Morgan fingerprint density at radius 3 is 2.93 bits per heavy atom. The maximum atomic E-state index is 4.34. The summed E-state index contributed by atoms with van der Waals surface area (Å²) in [5.74, 6) is 0.741. The van der Waals surface area contributed by atoms with Gasteiger partial charge in [-0.05, 0) is 31.4 Å². The van der Waals surface area contributed by atoms with Crippen molar-refractivity contribution in [3.05, 3.63) is 18.0 Å². The molecule has 1 aromatic heterocycles. The minimum atomic E-state index is 0.741. The molecular formula is C12H23N3. The van der Waals surface area contributed by atoms with E-state index in [-0.39, 0.29) is 0 Å². The third-order valence-electron chi connectivity index (χ3n) is 2.46. The molecule has 3 heteroatoms. The van der Waals surface area contributed by atoms with Gasteiger partial charge in [0.05, 0.1) is 5.69 Å². The van der Waals surface area contributed by atoms with Crippen molar-refractivity contribution in [2.75, 3.05) is 6.54 Å². The van der Waals surface area contributed by atoms with E-state index < -0.39 is 0 Å². The Morgan fingerprint density at radius 2 is 2.27 bits per heavy atom. The smallest absolute Gasteiger partial charge is 0.0522 e. The van der Waals surface area contributed by atoms with Crippen molar-refractivity contribution >= 4 is 0 Å². The predicted molar refractivity (Wildman–Crippen MR) is 63.7 cm³/mol. The summed E-state index contributed by atoms with van der Waals surface area (Å²) in [5.41, 5.74) is 1.30. The second-order valence-corrected chi connectivity index (χ2v) is 4.40. The summed E-state index contributed by atoms with van der Waals surface area (Å²) < 4.78 is 2.11. The highest BCUT2D eigenvalue weighted by atomic mass is 15.3. The lowest BCUT2D eigenvalue weighted by atomic mass is 10.1. The van der Waals surface area contributed by atoms with Crippen molar-refractivity contribution in [1.82, 2.24) is 15.1 Å². The average Bonchev–Trinajstić information content (AvgIpc) is 2.63. The van der Waals surface area contributed by atoms with Crippen LogP contribution in [0, 0.1) is 5.92 Å². The van der Waals surface area contributed by atoms with E-state index in [0.29, 0.717) is 0 Å². The molecule has 0 aliphatic carbocycles. The summed E-state index contributed by atoms with van der Waals surface area (Å²) >= 11 is 0. The van der Waals surface area contributed by atoms with Gasteiger partial charge in [-0.2, -0.15) is 5.10 Å². The van der Waals surface area contributed by atoms with E-state index in [2.05, 4.69) is 41.9 Å². The van der Waals surface area contributed by atoms with Crippen molar-refractivity contribution in [3.63, 3.8) is 0 Å². The van der Waals surface area contributed by atoms with Crippen LogP contribution in [0.15, 0.2) is 12.3 Å². The normalized spacial score (nSPS) is 11.2. The molecule has 1 N–H and O–H groups in total. The fourth-order valence-corrected chi connectivity index (χ4v) is 1.49. The van der Waals surface area contributed by atoms with Gasteiger partial charge in [0.1, 0.15) is 0 Å². The zero-order valence-corrected chi connectivity index (χ0v) is 10.2. The van der Waals surface area contributed by atoms with Crippen molar-refractivity contribution in [2.45, 2.75) is 46.7 Å². The number of aryl methyl sites for hydroxylation is 1. The van der Waals surface area contributed by atoms with Gasteiger partial charge in [0.15, 0.2) is 0 Å². The Labute approximate surface area is 92.9 Å². The first-order chi connectivity index (χ1) is 7.24. The molecule has 0 fully saturated rings. The summed E-state index contributed by atoms with van der Waals surface area (Å²) in [4.78, 5) is 0. The highest BCUT2D eigenvalue weighted by Crippen LogP contribution is 2.05. The molecule has 0 bridgehead atoms. The van der Waals surface area contributed by atoms with Gasteiger partial charge in [0.25, 0.3) is 0 Å². The number of hydrogen-bond acceptors (Lipinski definition) is 2. The second kappa shape index (κ2) is 6.62. The first-order valence-electron chi connectivity index (χ1n) is 5.95. The summed E-state index contributed by atoms with van der Waals surface area (Å²) in [6.45, 7) is 9.73. The third kappa shape index (κ3) is 4.47. The lowest BCUT2D eigenvalue weighted by Gasteiger charge is -2.09. The molecule has 0 unspecified atom stereocenters. The molecule has 3 nitrogen and oxygen atoms in total. The monoisotopic (exact) mass is 209 g/mol. The number of hydrogen-bond donors (Lipinski definition) is 1. The van der Waals surface area contributed by atoms with E-state index in [1.54, 1.807) is 0 Å². The highest BCUT2D eigenvalue weighted by Gasteiger charge is 2.02. The molecule has 0 saturated carbocycles. The molecule has 1 heterocycles. The molecule has 0 amide bonds. The molecule has 0 aliphatic heterocycles. The van der Waals surface area contributed by atoms with Crippen molar-refractivity contribution in [3.8, 4) is 0 Å². The molecule has 0 atom stereocenters. The van der Waals surface area contributed by atoms with Gasteiger partial charge in [0.2, 0.25) is 0 Å². The average molecular weight is 209 g/mol. The Balaban J connectivity index is 2.39. The second-order valence-electron chi connectivity index (χ2n) is 4.40. The maximum Gasteiger partial charge on any atom is 0.0522 e. The summed E-state index contributed by atoms with van der Waals surface area (Å²) in [6.07, 6.45) is 4.27. The molecule has 0 aliphatic rings.